The Bertz CT molecular complexity index is 1400. The number of fused-ring (bicyclic) bond motifs is 1. The lowest BCUT2D eigenvalue weighted by Gasteiger charge is -2.11. The highest BCUT2D eigenvalue weighted by Gasteiger charge is 2.31. The van der Waals surface area contributed by atoms with Crippen molar-refractivity contribution in [1.82, 2.24) is 19.7 Å². The number of amides is 1. The first kappa shape index (κ1) is 20.7. The molecule has 1 amide bonds. The lowest BCUT2D eigenvalue weighted by molar-refractivity contribution is -0.137. The number of aromatic nitrogens is 4. The molecule has 0 aliphatic heterocycles. The molecule has 11 heteroatoms. The highest BCUT2D eigenvalue weighted by Crippen LogP contribution is 2.30. The second-order valence-corrected chi connectivity index (χ2v) is 7.50. The summed E-state index contributed by atoms with van der Waals surface area (Å²) in [5, 5.41) is 6.95. The maximum absolute atomic E-state index is 13.1. The molecule has 0 unspecified atom stereocenters. The number of halogens is 3. The number of nitrogens with zero attached hydrogens (tertiary/aromatic N) is 3. The van der Waals surface area contributed by atoms with Crippen LogP contribution in [0.15, 0.2) is 57.9 Å². The minimum atomic E-state index is -4.58. The minimum Gasteiger partial charge on any atom is -0.463 e. The monoisotopic (exact) mass is 455 g/mol. The van der Waals surface area contributed by atoms with Crippen molar-refractivity contribution in [3.63, 3.8) is 0 Å². The van der Waals surface area contributed by atoms with Crippen LogP contribution in [0.1, 0.15) is 33.6 Å². The average Bonchev–Trinajstić information content (AvgIpc) is 3.53. The summed E-state index contributed by atoms with van der Waals surface area (Å²) < 4.78 is 45.7. The first-order valence-corrected chi connectivity index (χ1v) is 10.0. The third-order valence-electron chi connectivity index (χ3n) is 5.31. The lowest BCUT2D eigenvalue weighted by atomic mass is 10.1. The Morgan fingerprint density at radius 2 is 2.00 bits per heavy atom. The third-order valence-corrected chi connectivity index (χ3v) is 5.31. The number of anilines is 1. The molecular formula is C22H16F3N5O3. The normalized spacial score (nSPS) is 13.2. The summed E-state index contributed by atoms with van der Waals surface area (Å²) in [6, 6.07) is 8.87. The van der Waals surface area contributed by atoms with Gasteiger partial charge in [-0.1, -0.05) is 6.07 Å². The second kappa shape index (κ2) is 7.76. The molecule has 1 aromatic carbocycles. The van der Waals surface area contributed by atoms with E-state index in [0.29, 0.717) is 35.6 Å². The van der Waals surface area contributed by atoms with Gasteiger partial charge in [0.2, 0.25) is 5.95 Å². The predicted molar refractivity (Wildman–Crippen MR) is 111 cm³/mol. The highest BCUT2D eigenvalue weighted by atomic mass is 19.4. The zero-order valence-electron chi connectivity index (χ0n) is 16.9. The van der Waals surface area contributed by atoms with Crippen LogP contribution < -0.4 is 10.9 Å². The molecule has 8 nitrogen and oxygen atoms in total. The summed E-state index contributed by atoms with van der Waals surface area (Å²) >= 11 is 0. The first-order valence-electron chi connectivity index (χ1n) is 10.0. The molecule has 0 fully saturated rings. The van der Waals surface area contributed by atoms with Crippen LogP contribution >= 0.6 is 0 Å². The molecule has 0 atom stereocenters. The Labute approximate surface area is 184 Å². The molecule has 1 aliphatic rings. The number of hydrogen-bond donors (Lipinski definition) is 2. The zero-order valence-corrected chi connectivity index (χ0v) is 16.9. The van der Waals surface area contributed by atoms with Crippen molar-refractivity contribution in [2.24, 2.45) is 0 Å². The van der Waals surface area contributed by atoms with Gasteiger partial charge in [0.15, 0.2) is 5.76 Å². The van der Waals surface area contributed by atoms with E-state index in [1.165, 1.54) is 23.1 Å². The highest BCUT2D eigenvalue weighted by molar-refractivity contribution is 6.04. The third kappa shape index (κ3) is 3.93. The van der Waals surface area contributed by atoms with Crippen molar-refractivity contribution in [2.75, 3.05) is 5.32 Å². The van der Waals surface area contributed by atoms with Gasteiger partial charge in [-0.15, -0.1) is 0 Å². The number of carbonyl (C=O) groups excluding carboxylic acids is 1. The maximum Gasteiger partial charge on any atom is 0.416 e. The molecule has 3 aromatic heterocycles. The molecule has 2 N–H and O–H groups in total. The summed E-state index contributed by atoms with van der Waals surface area (Å²) in [5.41, 5.74) is 0.183. The van der Waals surface area contributed by atoms with Gasteiger partial charge in [-0.25, -0.2) is 4.98 Å². The van der Waals surface area contributed by atoms with E-state index < -0.39 is 17.6 Å². The van der Waals surface area contributed by atoms with Crippen LogP contribution in [-0.4, -0.2) is 25.7 Å². The number of H-pyrrole nitrogens is 1. The number of alkyl halides is 3. The van der Waals surface area contributed by atoms with Gasteiger partial charge in [0, 0.05) is 17.2 Å². The molecule has 0 saturated carbocycles. The van der Waals surface area contributed by atoms with E-state index in [9.17, 15) is 22.8 Å². The maximum atomic E-state index is 13.1. The fourth-order valence-electron chi connectivity index (χ4n) is 3.73. The molecule has 0 saturated heterocycles. The number of aromatic amines is 1. The summed E-state index contributed by atoms with van der Waals surface area (Å²) in [6.45, 7) is 0. The van der Waals surface area contributed by atoms with Gasteiger partial charge in [0.25, 0.3) is 11.5 Å². The standard InChI is InChI=1S/C22H16F3N5O3/c23-22(24,25)13-5-1-4-12(10-13)19(31)27-18-11-16(17-8-3-9-33-17)29-30(18)21-26-15-7-2-6-14(15)20(32)28-21/h1,3-5,8-11H,2,6-7H2,(H,27,31)(H,26,28,32). The van der Waals surface area contributed by atoms with Gasteiger partial charge < -0.3 is 9.73 Å². The number of nitrogens with one attached hydrogen (secondary N) is 2. The van der Waals surface area contributed by atoms with E-state index in [-0.39, 0.29) is 22.9 Å². The smallest absolute Gasteiger partial charge is 0.416 e. The van der Waals surface area contributed by atoms with Gasteiger partial charge in [-0.3, -0.25) is 14.6 Å². The number of benzene rings is 1. The van der Waals surface area contributed by atoms with Gasteiger partial charge in [0.1, 0.15) is 11.5 Å². The van der Waals surface area contributed by atoms with E-state index >= 15 is 0 Å². The van der Waals surface area contributed by atoms with Crippen LogP contribution in [0.2, 0.25) is 0 Å². The number of hydrogen-bond acceptors (Lipinski definition) is 5. The van der Waals surface area contributed by atoms with Crippen LogP contribution in [0, 0.1) is 0 Å². The van der Waals surface area contributed by atoms with E-state index in [2.05, 4.69) is 20.4 Å². The van der Waals surface area contributed by atoms with Gasteiger partial charge in [0.05, 0.1) is 17.5 Å². The quantitative estimate of drug-likeness (QED) is 0.484. The zero-order chi connectivity index (χ0) is 23.2. The van der Waals surface area contributed by atoms with E-state index in [1.54, 1.807) is 12.1 Å². The molecule has 168 valence electrons. The molecular weight excluding hydrogens is 439 g/mol. The Kier molecular flexibility index (Phi) is 4.88. The van der Waals surface area contributed by atoms with Crippen LogP contribution in [0.4, 0.5) is 19.0 Å². The Morgan fingerprint density at radius 1 is 1.15 bits per heavy atom. The topological polar surface area (TPSA) is 106 Å². The van der Waals surface area contributed by atoms with Crippen molar-refractivity contribution in [2.45, 2.75) is 25.4 Å². The van der Waals surface area contributed by atoms with E-state index in [4.69, 9.17) is 4.42 Å². The molecule has 4 aromatic rings. The number of rotatable bonds is 4. The van der Waals surface area contributed by atoms with E-state index in [1.807, 2.05) is 0 Å². The Balaban J connectivity index is 1.56. The minimum absolute atomic E-state index is 0.0813. The molecule has 5 rings (SSSR count). The summed E-state index contributed by atoms with van der Waals surface area (Å²) in [4.78, 5) is 32.4. The number of furan rings is 1. The van der Waals surface area contributed by atoms with Gasteiger partial charge in [-0.05, 0) is 49.6 Å². The van der Waals surface area contributed by atoms with Crippen molar-refractivity contribution >= 4 is 11.7 Å². The molecule has 0 spiro atoms. The van der Waals surface area contributed by atoms with Crippen LogP contribution in [0.25, 0.3) is 17.4 Å². The van der Waals surface area contributed by atoms with Crippen LogP contribution in [-0.2, 0) is 19.0 Å². The first-order chi connectivity index (χ1) is 15.8. The second-order valence-electron chi connectivity index (χ2n) is 7.50. The van der Waals surface area contributed by atoms with E-state index in [0.717, 1.165) is 24.6 Å². The van der Waals surface area contributed by atoms with Crippen molar-refractivity contribution in [1.29, 1.82) is 0 Å². The molecule has 0 bridgehead atoms. The predicted octanol–water partition coefficient (Wildman–Crippen LogP) is 3.98. The number of carbonyl (C=O) groups is 1. The number of aryl methyl sites for hydroxylation is 1. The fraction of sp³-hybridized carbons (Fsp3) is 0.182. The summed E-state index contributed by atoms with van der Waals surface area (Å²) in [6.07, 6.45) is -1.05. The van der Waals surface area contributed by atoms with Gasteiger partial charge >= 0.3 is 6.18 Å². The average molecular weight is 455 g/mol. The summed E-state index contributed by atoms with van der Waals surface area (Å²) in [7, 11) is 0. The van der Waals surface area contributed by atoms with Crippen molar-refractivity contribution < 1.29 is 22.4 Å². The SMILES string of the molecule is O=C(Nc1cc(-c2ccco2)nn1-c1nc2c(c(=O)[nH]1)CCC2)c1cccc(C(F)(F)F)c1. The van der Waals surface area contributed by atoms with Crippen LogP contribution in [0.3, 0.4) is 0 Å². The molecule has 33 heavy (non-hydrogen) atoms. The largest absolute Gasteiger partial charge is 0.463 e. The van der Waals surface area contributed by atoms with Crippen molar-refractivity contribution in [3.8, 4) is 17.4 Å². The molecule has 1 aliphatic carbocycles. The van der Waals surface area contributed by atoms with Gasteiger partial charge in [-0.2, -0.15) is 23.0 Å². The Morgan fingerprint density at radius 3 is 2.76 bits per heavy atom. The van der Waals surface area contributed by atoms with Crippen LogP contribution in [0.5, 0.6) is 0 Å². The summed E-state index contributed by atoms with van der Waals surface area (Å²) in [5.74, 6) is -0.203. The lowest BCUT2D eigenvalue weighted by Crippen LogP contribution is -2.21. The molecule has 3 heterocycles. The Hall–Kier alpha value is -4.15. The molecule has 0 radical (unpaired) electrons. The fourth-order valence-corrected chi connectivity index (χ4v) is 3.73. The van der Waals surface area contributed by atoms with Crippen molar-refractivity contribution in [3.05, 3.63) is 81.5 Å².